The molecule has 6 nitrogen and oxygen atoms in total. The lowest BCUT2D eigenvalue weighted by Gasteiger charge is -2.18. The third-order valence-corrected chi connectivity index (χ3v) is 14.1. The Morgan fingerprint density at radius 2 is 0.506 bits per heavy atom. The van der Waals surface area contributed by atoms with Gasteiger partial charge in [0.2, 0.25) is 0 Å². The van der Waals surface area contributed by atoms with Crippen LogP contribution in [0.1, 0.15) is 316 Å². The van der Waals surface area contributed by atoms with E-state index >= 15 is 0 Å². The monoisotopic (exact) mass is 1070 g/mol. The summed E-state index contributed by atoms with van der Waals surface area (Å²) in [6, 6.07) is 0. The molecule has 0 aromatic heterocycles. The fourth-order valence-corrected chi connectivity index (χ4v) is 9.23. The van der Waals surface area contributed by atoms with Crippen LogP contribution >= 0.6 is 0 Å². The number of unbranched alkanes of at least 4 members (excludes halogenated alkanes) is 32. The molecule has 77 heavy (non-hydrogen) atoms. The first-order valence-corrected chi connectivity index (χ1v) is 32.7. The van der Waals surface area contributed by atoms with E-state index < -0.39 is 6.10 Å². The summed E-state index contributed by atoms with van der Waals surface area (Å²) >= 11 is 0. The zero-order valence-corrected chi connectivity index (χ0v) is 50.7. The van der Waals surface area contributed by atoms with Gasteiger partial charge in [0.05, 0.1) is 0 Å². The Kier molecular flexibility index (Phi) is 61.8. The van der Waals surface area contributed by atoms with Gasteiger partial charge in [-0.1, -0.05) is 311 Å². The van der Waals surface area contributed by atoms with E-state index in [2.05, 4.69) is 118 Å². The Hall–Kier alpha value is -3.67. The zero-order valence-electron chi connectivity index (χ0n) is 50.7. The van der Waals surface area contributed by atoms with Crippen molar-refractivity contribution in [2.45, 2.75) is 322 Å². The maximum atomic E-state index is 12.9. The van der Waals surface area contributed by atoms with Crippen LogP contribution in [-0.2, 0) is 28.6 Å². The summed E-state index contributed by atoms with van der Waals surface area (Å²) in [5.74, 6) is -0.904. The van der Waals surface area contributed by atoms with Gasteiger partial charge in [-0.05, 0) is 83.5 Å². The van der Waals surface area contributed by atoms with E-state index in [-0.39, 0.29) is 31.1 Å². The van der Waals surface area contributed by atoms with E-state index in [0.29, 0.717) is 19.3 Å². The molecular weight excluding hydrogens is 949 g/mol. The van der Waals surface area contributed by atoms with Gasteiger partial charge < -0.3 is 14.2 Å². The van der Waals surface area contributed by atoms with E-state index in [1.54, 1.807) is 0 Å². The Balaban J connectivity index is 4.19. The molecule has 0 aliphatic rings. The molecular formula is C71H122O6. The second-order valence-electron chi connectivity index (χ2n) is 21.7. The van der Waals surface area contributed by atoms with Gasteiger partial charge in [-0.2, -0.15) is 0 Å². The SMILES string of the molecule is CC/C=C\C/C=C\C/C=C\C/C=C\C/C=C\C/C=C\C/C=C\C/C=C\CCCCCCC(=O)OCC(COC(=O)CCCCCCCCC)OC(=O)CCCCCCCCCCCCCCCCCCCCCCCCC. The molecule has 0 N–H and O–H groups in total. The maximum absolute atomic E-state index is 12.9. The highest BCUT2D eigenvalue weighted by molar-refractivity contribution is 5.71. The van der Waals surface area contributed by atoms with Crippen molar-refractivity contribution in [2.75, 3.05) is 13.2 Å². The Morgan fingerprint density at radius 1 is 0.273 bits per heavy atom. The number of hydrogen-bond acceptors (Lipinski definition) is 6. The van der Waals surface area contributed by atoms with Crippen LogP contribution in [0.5, 0.6) is 0 Å². The van der Waals surface area contributed by atoms with Crippen LogP contribution in [0.25, 0.3) is 0 Å². The van der Waals surface area contributed by atoms with Crippen LogP contribution in [0.15, 0.2) is 97.2 Å². The first kappa shape index (κ1) is 73.3. The molecule has 0 aliphatic carbocycles. The van der Waals surface area contributed by atoms with E-state index in [9.17, 15) is 14.4 Å². The van der Waals surface area contributed by atoms with Crippen molar-refractivity contribution < 1.29 is 28.6 Å². The molecule has 0 aromatic rings. The van der Waals surface area contributed by atoms with Gasteiger partial charge in [-0.3, -0.25) is 14.4 Å². The quantitative estimate of drug-likeness (QED) is 0.0261. The van der Waals surface area contributed by atoms with Gasteiger partial charge >= 0.3 is 17.9 Å². The predicted octanol–water partition coefficient (Wildman–Crippen LogP) is 22.4. The van der Waals surface area contributed by atoms with E-state index in [1.165, 1.54) is 154 Å². The third-order valence-electron chi connectivity index (χ3n) is 14.1. The van der Waals surface area contributed by atoms with Gasteiger partial charge in [0, 0.05) is 19.3 Å². The summed E-state index contributed by atoms with van der Waals surface area (Å²) in [5.41, 5.74) is 0. The molecule has 0 saturated carbocycles. The lowest BCUT2D eigenvalue weighted by Crippen LogP contribution is -2.30. The van der Waals surface area contributed by atoms with Crippen molar-refractivity contribution in [3.05, 3.63) is 97.2 Å². The highest BCUT2D eigenvalue weighted by atomic mass is 16.6. The van der Waals surface area contributed by atoms with Crippen LogP contribution in [-0.4, -0.2) is 37.2 Å². The predicted molar refractivity (Wildman–Crippen MR) is 334 cm³/mol. The topological polar surface area (TPSA) is 78.9 Å². The molecule has 6 heteroatoms. The fourth-order valence-electron chi connectivity index (χ4n) is 9.23. The Morgan fingerprint density at radius 3 is 0.792 bits per heavy atom. The second-order valence-corrected chi connectivity index (χ2v) is 21.7. The molecule has 0 heterocycles. The maximum Gasteiger partial charge on any atom is 0.306 e. The van der Waals surface area contributed by atoms with Gasteiger partial charge in [0.25, 0.3) is 0 Å². The van der Waals surface area contributed by atoms with Gasteiger partial charge in [0.15, 0.2) is 6.10 Å². The first-order valence-electron chi connectivity index (χ1n) is 32.7. The molecule has 0 amide bonds. The summed E-state index contributed by atoms with van der Waals surface area (Å²) in [6.45, 7) is 6.49. The minimum atomic E-state index is -0.785. The normalized spacial score (nSPS) is 12.7. The third kappa shape index (κ3) is 63.0. The number of ether oxygens (including phenoxy) is 3. The minimum absolute atomic E-state index is 0.0828. The summed E-state index contributed by atoms with van der Waals surface area (Å²) < 4.78 is 16.8. The average molecular weight is 1070 g/mol. The van der Waals surface area contributed by atoms with E-state index in [0.717, 1.165) is 122 Å². The van der Waals surface area contributed by atoms with Crippen molar-refractivity contribution >= 4 is 17.9 Å². The van der Waals surface area contributed by atoms with Gasteiger partial charge in [0.1, 0.15) is 13.2 Å². The molecule has 0 aromatic carbocycles. The van der Waals surface area contributed by atoms with Crippen molar-refractivity contribution in [1.82, 2.24) is 0 Å². The summed E-state index contributed by atoms with van der Waals surface area (Å²) in [4.78, 5) is 38.1. The van der Waals surface area contributed by atoms with Crippen molar-refractivity contribution in [1.29, 1.82) is 0 Å². The van der Waals surface area contributed by atoms with Crippen LogP contribution in [0.3, 0.4) is 0 Å². The van der Waals surface area contributed by atoms with E-state index in [1.807, 2.05) is 0 Å². The van der Waals surface area contributed by atoms with Crippen molar-refractivity contribution in [2.24, 2.45) is 0 Å². The molecule has 1 unspecified atom stereocenters. The number of hydrogen-bond donors (Lipinski definition) is 0. The van der Waals surface area contributed by atoms with Gasteiger partial charge in [-0.15, -0.1) is 0 Å². The lowest BCUT2D eigenvalue weighted by molar-refractivity contribution is -0.167. The molecule has 0 radical (unpaired) electrons. The minimum Gasteiger partial charge on any atom is -0.462 e. The highest BCUT2D eigenvalue weighted by Crippen LogP contribution is 2.17. The fraction of sp³-hybridized carbons (Fsp3) is 0.732. The Bertz CT molecular complexity index is 1510. The highest BCUT2D eigenvalue weighted by Gasteiger charge is 2.19. The molecule has 1 atom stereocenters. The van der Waals surface area contributed by atoms with Crippen LogP contribution < -0.4 is 0 Å². The largest absolute Gasteiger partial charge is 0.462 e. The summed E-state index contributed by atoms with van der Waals surface area (Å²) in [7, 11) is 0. The van der Waals surface area contributed by atoms with E-state index in [4.69, 9.17) is 14.2 Å². The summed E-state index contributed by atoms with van der Waals surface area (Å²) in [5, 5.41) is 0. The number of rotatable bonds is 59. The van der Waals surface area contributed by atoms with Crippen molar-refractivity contribution in [3.8, 4) is 0 Å². The van der Waals surface area contributed by atoms with Crippen molar-refractivity contribution in [3.63, 3.8) is 0 Å². The molecule has 0 rings (SSSR count). The molecule has 442 valence electrons. The number of carbonyl (C=O) groups excluding carboxylic acids is 3. The summed E-state index contributed by atoms with van der Waals surface area (Å²) in [6.07, 6.45) is 87.3. The molecule has 0 spiro atoms. The Labute approximate surface area is 477 Å². The number of esters is 3. The second kappa shape index (κ2) is 64.9. The average Bonchev–Trinajstić information content (AvgIpc) is 3.43. The number of allylic oxidation sites excluding steroid dienone is 16. The molecule has 0 fully saturated rings. The zero-order chi connectivity index (χ0) is 55.7. The molecule has 0 saturated heterocycles. The van der Waals surface area contributed by atoms with Crippen LogP contribution in [0, 0.1) is 0 Å². The first-order chi connectivity index (χ1) is 38.0. The molecule has 0 bridgehead atoms. The molecule has 0 aliphatic heterocycles. The lowest BCUT2D eigenvalue weighted by atomic mass is 10.0. The number of carbonyl (C=O) groups is 3. The van der Waals surface area contributed by atoms with Gasteiger partial charge in [-0.25, -0.2) is 0 Å². The van der Waals surface area contributed by atoms with Crippen LogP contribution in [0.4, 0.5) is 0 Å². The van der Waals surface area contributed by atoms with Crippen LogP contribution in [0.2, 0.25) is 0 Å². The smallest absolute Gasteiger partial charge is 0.306 e. The standard InChI is InChI=1S/C71H122O6/c1-4-7-10-13-16-18-20-22-24-26-28-30-32-33-34-35-36-37-39-40-42-44-46-48-50-52-55-58-61-64-70(73)76-67-68(66-75-69(72)63-60-57-54-15-12-9-6-3)77-71(74)65-62-59-56-53-51-49-47-45-43-41-38-31-29-27-25-23-21-19-17-14-11-8-5-2/h7,10,16,18,22,24,28,30,33-34,36-37,40,42,46,48,68H,4-6,8-9,11-15,17,19-21,23,25-27,29,31-32,35,38-39,41,43-45,47,49-67H2,1-3H3/b10-7-,18-16-,24-22-,30-28-,34-33-,37-36-,42-40-,48-46-.